The lowest BCUT2D eigenvalue weighted by Gasteiger charge is -2.31. The van der Waals surface area contributed by atoms with Gasteiger partial charge in [-0.1, -0.05) is 36.4 Å². The van der Waals surface area contributed by atoms with Crippen LogP contribution in [0.2, 0.25) is 0 Å². The summed E-state index contributed by atoms with van der Waals surface area (Å²) < 4.78 is 0. The van der Waals surface area contributed by atoms with Crippen molar-refractivity contribution in [3.63, 3.8) is 0 Å². The molecule has 3 aliphatic rings. The minimum absolute atomic E-state index is 0.127. The number of benzene rings is 2. The lowest BCUT2D eigenvalue weighted by atomic mass is 10.0. The summed E-state index contributed by atoms with van der Waals surface area (Å²) in [7, 11) is 0. The van der Waals surface area contributed by atoms with Gasteiger partial charge in [-0.25, -0.2) is 0 Å². The summed E-state index contributed by atoms with van der Waals surface area (Å²) in [4.78, 5) is 41.1. The molecule has 172 valence electrons. The summed E-state index contributed by atoms with van der Waals surface area (Å²) in [6.45, 7) is 5.64. The predicted molar refractivity (Wildman–Crippen MR) is 125 cm³/mol. The summed E-state index contributed by atoms with van der Waals surface area (Å²) in [6, 6.07) is 13.7. The number of fused-ring (bicyclic) bond motifs is 1. The largest absolute Gasteiger partial charge is 0.369 e. The number of nitrogens with one attached hydrogen (secondary N) is 3. The standard InChI is InChI=1S/C25H29N5O3/c31-22-9-8-21(24(32)28-22)30-16-19-6-3-5-18(23(19)25(30)33)15-27-14-17-4-1-2-7-20(17)29-12-10-26-11-13-29/h1-7,21,26-27H,8-16H2,(H,28,31,32). The molecule has 2 saturated heterocycles. The summed E-state index contributed by atoms with van der Waals surface area (Å²) in [5.74, 6) is -0.777. The molecule has 3 aliphatic heterocycles. The number of hydrogen-bond donors (Lipinski definition) is 3. The molecule has 0 spiro atoms. The summed E-state index contributed by atoms with van der Waals surface area (Å²) in [5.41, 5.74) is 5.05. The number of hydrogen-bond acceptors (Lipinski definition) is 6. The van der Waals surface area contributed by atoms with Crippen LogP contribution in [0.3, 0.4) is 0 Å². The Kier molecular flexibility index (Phi) is 6.11. The third kappa shape index (κ3) is 4.36. The Morgan fingerprint density at radius 2 is 1.70 bits per heavy atom. The Labute approximate surface area is 193 Å². The van der Waals surface area contributed by atoms with Crippen molar-refractivity contribution in [3.05, 3.63) is 64.7 Å². The normalized spacial score (nSPS) is 20.7. The number of amides is 3. The van der Waals surface area contributed by atoms with Gasteiger partial charge in [-0.05, 0) is 29.2 Å². The molecule has 2 fully saturated rings. The number of imide groups is 1. The zero-order chi connectivity index (χ0) is 22.8. The van der Waals surface area contributed by atoms with Crippen molar-refractivity contribution in [2.24, 2.45) is 0 Å². The van der Waals surface area contributed by atoms with Crippen LogP contribution in [0.5, 0.6) is 0 Å². The molecule has 8 nitrogen and oxygen atoms in total. The number of carbonyl (C=O) groups is 3. The highest BCUT2D eigenvalue weighted by Gasteiger charge is 2.39. The van der Waals surface area contributed by atoms with Crippen molar-refractivity contribution in [1.82, 2.24) is 20.9 Å². The van der Waals surface area contributed by atoms with Crippen LogP contribution < -0.4 is 20.9 Å². The van der Waals surface area contributed by atoms with Gasteiger partial charge in [0, 0.05) is 63.5 Å². The first-order valence-corrected chi connectivity index (χ1v) is 11.6. The SMILES string of the molecule is O=C1CCC(N2Cc3cccc(CNCc4ccccc4N4CCNCC4)c3C2=O)C(=O)N1. The number of para-hydroxylation sites is 1. The van der Waals surface area contributed by atoms with Gasteiger partial charge in [-0.15, -0.1) is 0 Å². The second-order valence-corrected chi connectivity index (χ2v) is 8.82. The molecule has 33 heavy (non-hydrogen) atoms. The number of piperazine rings is 1. The van der Waals surface area contributed by atoms with Crippen LogP contribution in [-0.2, 0) is 29.2 Å². The van der Waals surface area contributed by atoms with E-state index >= 15 is 0 Å². The molecule has 2 aromatic carbocycles. The fourth-order valence-corrected chi connectivity index (χ4v) is 5.04. The Balaban J connectivity index is 1.27. The minimum atomic E-state index is -0.589. The van der Waals surface area contributed by atoms with E-state index in [1.54, 1.807) is 4.90 Å². The van der Waals surface area contributed by atoms with E-state index in [4.69, 9.17) is 0 Å². The first-order valence-electron chi connectivity index (χ1n) is 11.6. The molecule has 0 radical (unpaired) electrons. The van der Waals surface area contributed by atoms with Crippen molar-refractivity contribution in [2.45, 2.75) is 38.5 Å². The lowest BCUT2D eigenvalue weighted by Crippen LogP contribution is -2.52. The molecule has 5 rings (SSSR count). The maximum Gasteiger partial charge on any atom is 0.255 e. The third-order valence-corrected chi connectivity index (χ3v) is 6.72. The van der Waals surface area contributed by atoms with E-state index in [0.717, 1.165) is 37.3 Å². The number of nitrogens with zero attached hydrogens (tertiary/aromatic N) is 2. The molecule has 2 aromatic rings. The molecule has 0 saturated carbocycles. The predicted octanol–water partition coefficient (Wildman–Crippen LogP) is 1.15. The molecule has 1 atom stereocenters. The quantitative estimate of drug-likeness (QED) is 0.576. The highest BCUT2D eigenvalue weighted by atomic mass is 16.2. The number of rotatable bonds is 6. The third-order valence-electron chi connectivity index (χ3n) is 6.72. The monoisotopic (exact) mass is 447 g/mol. The fraction of sp³-hybridized carbons (Fsp3) is 0.400. The molecule has 1 unspecified atom stereocenters. The second kappa shape index (κ2) is 9.33. The first kappa shape index (κ1) is 21.6. The highest BCUT2D eigenvalue weighted by molar-refractivity contribution is 6.06. The Bertz CT molecular complexity index is 1080. The fourth-order valence-electron chi connectivity index (χ4n) is 5.04. The smallest absolute Gasteiger partial charge is 0.255 e. The van der Waals surface area contributed by atoms with Crippen LogP contribution in [0.25, 0.3) is 0 Å². The lowest BCUT2D eigenvalue weighted by molar-refractivity contribution is -0.136. The van der Waals surface area contributed by atoms with Gasteiger partial charge in [-0.2, -0.15) is 0 Å². The number of carbonyl (C=O) groups excluding carboxylic acids is 3. The average Bonchev–Trinajstić information content (AvgIpc) is 3.17. The molecule has 0 bridgehead atoms. The van der Waals surface area contributed by atoms with Crippen LogP contribution in [0, 0.1) is 0 Å². The Morgan fingerprint density at radius 1 is 0.939 bits per heavy atom. The van der Waals surface area contributed by atoms with Gasteiger partial charge in [0.25, 0.3) is 5.91 Å². The van der Waals surface area contributed by atoms with Crippen LogP contribution in [-0.4, -0.2) is 54.8 Å². The first-order chi connectivity index (χ1) is 16.1. The zero-order valence-corrected chi connectivity index (χ0v) is 18.6. The maximum absolute atomic E-state index is 13.3. The van der Waals surface area contributed by atoms with Crippen molar-refractivity contribution in [2.75, 3.05) is 31.1 Å². The van der Waals surface area contributed by atoms with Crippen LogP contribution in [0.15, 0.2) is 42.5 Å². The molecule has 3 heterocycles. The van der Waals surface area contributed by atoms with Gasteiger partial charge < -0.3 is 20.4 Å². The van der Waals surface area contributed by atoms with Crippen molar-refractivity contribution in [1.29, 1.82) is 0 Å². The van der Waals surface area contributed by atoms with Gasteiger partial charge in [0.05, 0.1) is 0 Å². The van der Waals surface area contributed by atoms with E-state index in [1.165, 1.54) is 11.3 Å². The number of anilines is 1. The molecule has 3 N–H and O–H groups in total. The topological polar surface area (TPSA) is 93.8 Å². The summed E-state index contributed by atoms with van der Waals surface area (Å²) >= 11 is 0. The highest BCUT2D eigenvalue weighted by Crippen LogP contribution is 2.30. The average molecular weight is 448 g/mol. The van der Waals surface area contributed by atoms with Gasteiger partial charge in [0.2, 0.25) is 11.8 Å². The van der Waals surface area contributed by atoms with E-state index in [2.05, 4.69) is 45.1 Å². The Morgan fingerprint density at radius 3 is 2.52 bits per heavy atom. The van der Waals surface area contributed by atoms with E-state index in [9.17, 15) is 14.4 Å². The van der Waals surface area contributed by atoms with Gasteiger partial charge >= 0.3 is 0 Å². The van der Waals surface area contributed by atoms with Crippen LogP contribution in [0.4, 0.5) is 5.69 Å². The molecule has 0 aromatic heterocycles. The van der Waals surface area contributed by atoms with E-state index < -0.39 is 6.04 Å². The van der Waals surface area contributed by atoms with Gasteiger partial charge in [0.15, 0.2) is 0 Å². The minimum Gasteiger partial charge on any atom is -0.369 e. The summed E-state index contributed by atoms with van der Waals surface area (Å²) in [6.07, 6.45) is 0.637. The van der Waals surface area contributed by atoms with Gasteiger partial charge in [0.1, 0.15) is 6.04 Å². The van der Waals surface area contributed by atoms with Crippen molar-refractivity contribution >= 4 is 23.4 Å². The van der Waals surface area contributed by atoms with E-state index in [1.807, 2.05) is 18.2 Å². The Hall–Kier alpha value is -3.23. The molecule has 3 amide bonds. The number of piperidine rings is 1. The second-order valence-electron chi connectivity index (χ2n) is 8.82. The van der Waals surface area contributed by atoms with Crippen molar-refractivity contribution < 1.29 is 14.4 Å². The maximum atomic E-state index is 13.3. The molecular weight excluding hydrogens is 418 g/mol. The molecular formula is C25H29N5O3. The van der Waals surface area contributed by atoms with Crippen LogP contribution >= 0.6 is 0 Å². The summed E-state index contributed by atoms with van der Waals surface area (Å²) in [5, 5.41) is 9.27. The van der Waals surface area contributed by atoms with E-state index in [0.29, 0.717) is 31.6 Å². The molecule has 0 aliphatic carbocycles. The van der Waals surface area contributed by atoms with Crippen LogP contribution in [0.1, 0.15) is 39.9 Å². The molecule has 8 heteroatoms. The van der Waals surface area contributed by atoms with Gasteiger partial charge in [-0.3, -0.25) is 19.7 Å². The van der Waals surface area contributed by atoms with E-state index in [-0.39, 0.29) is 24.1 Å². The zero-order valence-electron chi connectivity index (χ0n) is 18.6. The van der Waals surface area contributed by atoms with Crippen molar-refractivity contribution in [3.8, 4) is 0 Å².